The lowest BCUT2D eigenvalue weighted by molar-refractivity contribution is -0.127. The molecule has 1 fully saturated rings. The normalized spacial score (nSPS) is 14.8. The molecule has 0 atom stereocenters. The molecule has 1 saturated heterocycles. The van der Waals surface area contributed by atoms with E-state index < -0.39 is 0 Å². The van der Waals surface area contributed by atoms with Crippen LogP contribution in [0.4, 0.5) is 10.1 Å². The summed E-state index contributed by atoms with van der Waals surface area (Å²) in [6.45, 7) is 2.29. The Bertz CT molecular complexity index is 1250. The van der Waals surface area contributed by atoms with Gasteiger partial charge in [-0.1, -0.05) is 18.2 Å². The third kappa shape index (κ3) is 4.18. The van der Waals surface area contributed by atoms with E-state index in [0.29, 0.717) is 18.7 Å². The van der Waals surface area contributed by atoms with Gasteiger partial charge in [-0.2, -0.15) is 0 Å². The van der Waals surface area contributed by atoms with Crippen molar-refractivity contribution in [2.24, 2.45) is 4.99 Å². The quantitative estimate of drug-likeness (QED) is 0.410. The second kappa shape index (κ2) is 8.51. The predicted octanol–water partition coefficient (Wildman–Crippen LogP) is 5.35. The minimum absolute atomic E-state index is 0.240. The molecular formula is C24H22FN3O2S. The zero-order valence-electron chi connectivity index (χ0n) is 17.0. The molecule has 7 heteroatoms. The molecule has 0 saturated carbocycles. The molecule has 0 N–H and O–H groups in total. The van der Waals surface area contributed by atoms with Gasteiger partial charge in [-0.15, -0.1) is 11.3 Å². The number of halogens is 1. The Morgan fingerprint density at radius 1 is 1.10 bits per heavy atom. The summed E-state index contributed by atoms with van der Waals surface area (Å²) in [5.41, 5.74) is 2.49. The van der Waals surface area contributed by atoms with E-state index in [1.165, 1.54) is 23.5 Å². The first-order chi connectivity index (χ1) is 15.2. The summed E-state index contributed by atoms with van der Waals surface area (Å²) in [6, 6.07) is 16.1. The molecule has 4 aromatic rings. The van der Waals surface area contributed by atoms with Crippen LogP contribution in [0.1, 0.15) is 19.3 Å². The van der Waals surface area contributed by atoms with Gasteiger partial charge in [0.15, 0.2) is 10.6 Å². The van der Waals surface area contributed by atoms with E-state index in [4.69, 9.17) is 9.41 Å². The SMILES string of the molecule is O=C1CCCN1CCCn1c(-c2cc3ccccc3o2)csc1=Nc1ccc(F)cc1. The van der Waals surface area contributed by atoms with Crippen molar-refractivity contribution in [2.45, 2.75) is 25.8 Å². The van der Waals surface area contributed by atoms with Crippen molar-refractivity contribution in [2.75, 3.05) is 13.1 Å². The van der Waals surface area contributed by atoms with Crippen LogP contribution >= 0.6 is 11.3 Å². The maximum Gasteiger partial charge on any atom is 0.222 e. The number of hydrogen-bond acceptors (Lipinski definition) is 4. The monoisotopic (exact) mass is 435 g/mol. The fraction of sp³-hybridized carbons (Fsp3) is 0.250. The summed E-state index contributed by atoms with van der Waals surface area (Å²) in [6.07, 6.45) is 2.42. The number of thiazole rings is 1. The lowest BCUT2D eigenvalue weighted by Gasteiger charge is -2.16. The fourth-order valence-corrected chi connectivity index (χ4v) is 4.86. The second-order valence-electron chi connectivity index (χ2n) is 7.63. The molecule has 3 heterocycles. The zero-order chi connectivity index (χ0) is 21.2. The number of furan rings is 1. The maximum absolute atomic E-state index is 13.3. The molecule has 0 bridgehead atoms. The highest BCUT2D eigenvalue weighted by atomic mass is 32.1. The van der Waals surface area contributed by atoms with Gasteiger partial charge in [0, 0.05) is 36.8 Å². The van der Waals surface area contributed by atoms with Crippen LogP contribution in [-0.2, 0) is 11.3 Å². The molecule has 1 aliphatic rings. The Morgan fingerprint density at radius 2 is 1.94 bits per heavy atom. The summed E-state index contributed by atoms with van der Waals surface area (Å²) in [7, 11) is 0. The highest BCUT2D eigenvalue weighted by molar-refractivity contribution is 7.07. The van der Waals surface area contributed by atoms with E-state index in [2.05, 4.69) is 4.57 Å². The highest BCUT2D eigenvalue weighted by Gasteiger charge is 2.20. The first-order valence-electron chi connectivity index (χ1n) is 10.4. The molecule has 158 valence electrons. The first-order valence-corrected chi connectivity index (χ1v) is 11.3. The van der Waals surface area contributed by atoms with Gasteiger partial charge >= 0.3 is 0 Å². The Balaban J connectivity index is 1.50. The number of carbonyl (C=O) groups is 1. The van der Waals surface area contributed by atoms with Crippen LogP contribution in [0.5, 0.6) is 0 Å². The Labute approximate surface area is 183 Å². The number of likely N-dealkylation sites (tertiary alicyclic amines) is 1. The first kappa shape index (κ1) is 19.8. The van der Waals surface area contributed by atoms with Crippen molar-refractivity contribution in [1.82, 2.24) is 9.47 Å². The van der Waals surface area contributed by atoms with E-state index in [1.807, 2.05) is 40.6 Å². The summed E-state index contributed by atoms with van der Waals surface area (Å²) in [5.74, 6) is 0.746. The van der Waals surface area contributed by atoms with Gasteiger partial charge in [0.2, 0.25) is 5.91 Å². The van der Waals surface area contributed by atoms with Crippen LogP contribution in [-0.4, -0.2) is 28.5 Å². The van der Waals surface area contributed by atoms with E-state index >= 15 is 0 Å². The molecule has 0 radical (unpaired) electrons. The average molecular weight is 436 g/mol. The molecule has 0 spiro atoms. The second-order valence-corrected chi connectivity index (χ2v) is 8.47. The predicted molar refractivity (Wildman–Crippen MR) is 120 cm³/mol. The van der Waals surface area contributed by atoms with Crippen LogP contribution < -0.4 is 4.80 Å². The lowest BCUT2D eigenvalue weighted by atomic mass is 10.2. The average Bonchev–Trinajstić information content (AvgIpc) is 3.48. The number of para-hydroxylation sites is 1. The minimum atomic E-state index is -0.281. The van der Waals surface area contributed by atoms with Crippen molar-refractivity contribution in [1.29, 1.82) is 0 Å². The van der Waals surface area contributed by atoms with Gasteiger partial charge in [-0.3, -0.25) is 4.79 Å². The third-order valence-corrected chi connectivity index (χ3v) is 6.37. The lowest BCUT2D eigenvalue weighted by Crippen LogP contribution is -2.27. The van der Waals surface area contributed by atoms with Gasteiger partial charge in [0.05, 0.1) is 11.4 Å². The van der Waals surface area contributed by atoms with E-state index in [0.717, 1.165) is 53.2 Å². The van der Waals surface area contributed by atoms with Gasteiger partial charge in [0.25, 0.3) is 0 Å². The smallest absolute Gasteiger partial charge is 0.222 e. The molecule has 2 aromatic heterocycles. The molecule has 5 rings (SSSR count). The van der Waals surface area contributed by atoms with Gasteiger partial charge in [-0.25, -0.2) is 9.38 Å². The van der Waals surface area contributed by atoms with Crippen LogP contribution in [0.2, 0.25) is 0 Å². The molecule has 2 aromatic carbocycles. The van der Waals surface area contributed by atoms with E-state index in [-0.39, 0.29) is 11.7 Å². The largest absolute Gasteiger partial charge is 0.454 e. The molecule has 31 heavy (non-hydrogen) atoms. The van der Waals surface area contributed by atoms with Crippen LogP contribution in [0.3, 0.4) is 0 Å². The van der Waals surface area contributed by atoms with Crippen molar-refractivity contribution >= 4 is 33.9 Å². The fourth-order valence-electron chi connectivity index (χ4n) is 3.93. The van der Waals surface area contributed by atoms with Crippen LogP contribution in [0, 0.1) is 5.82 Å². The number of rotatable bonds is 6. The number of amides is 1. The third-order valence-electron chi connectivity index (χ3n) is 5.51. The van der Waals surface area contributed by atoms with Crippen molar-refractivity contribution < 1.29 is 13.6 Å². The number of carbonyl (C=O) groups excluding carboxylic acids is 1. The van der Waals surface area contributed by atoms with Gasteiger partial charge < -0.3 is 13.9 Å². The van der Waals surface area contributed by atoms with Gasteiger partial charge in [0.1, 0.15) is 11.4 Å². The van der Waals surface area contributed by atoms with E-state index in [1.54, 1.807) is 12.1 Å². The summed E-state index contributed by atoms with van der Waals surface area (Å²) in [4.78, 5) is 19.4. The number of aromatic nitrogens is 1. The number of hydrogen-bond donors (Lipinski definition) is 0. The molecule has 1 amide bonds. The summed E-state index contributed by atoms with van der Waals surface area (Å²) < 4.78 is 21.5. The molecule has 1 aliphatic heterocycles. The number of benzene rings is 2. The number of nitrogens with zero attached hydrogens (tertiary/aromatic N) is 3. The topological polar surface area (TPSA) is 50.7 Å². The van der Waals surface area contributed by atoms with Crippen molar-refractivity contribution in [3.63, 3.8) is 0 Å². The molecule has 0 aliphatic carbocycles. The zero-order valence-corrected chi connectivity index (χ0v) is 17.8. The van der Waals surface area contributed by atoms with Gasteiger partial charge in [-0.05, 0) is 49.2 Å². The minimum Gasteiger partial charge on any atom is -0.454 e. The van der Waals surface area contributed by atoms with Crippen LogP contribution in [0.25, 0.3) is 22.4 Å². The Hall–Kier alpha value is -3.19. The highest BCUT2D eigenvalue weighted by Crippen LogP contribution is 2.28. The summed E-state index contributed by atoms with van der Waals surface area (Å²) in [5, 5.41) is 3.09. The van der Waals surface area contributed by atoms with Crippen molar-refractivity contribution in [3.8, 4) is 11.5 Å². The van der Waals surface area contributed by atoms with E-state index in [9.17, 15) is 9.18 Å². The molecule has 5 nitrogen and oxygen atoms in total. The number of fused-ring (bicyclic) bond motifs is 1. The Morgan fingerprint density at radius 3 is 2.71 bits per heavy atom. The van der Waals surface area contributed by atoms with Crippen LogP contribution in [0.15, 0.2) is 69.4 Å². The molecule has 0 unspecified atom stereocenters. The maximum atomic E-state index is 13.3. The standard InChI is InChI=1S/C24H22FN3O2S/c25-18-8-10-19(11-9-18)26-24-28(14-4-13-27-12-3-7-23(27)29)20(16-31-24)22-15-17-5-1-2-6-21(17)30-22/h1-2,5-6,8-11,15-16H,3-4,7,12-14H2. The van der Waals surface area contributed by atoms with Crippen molar-refractivity contribution in [3.05, 3.63) is 70.6 Å². The molecular weight excluding hydrogens is 413 g/mol. The Kier molecular flexibility index (Phi) is 5.42. The summed E-state index contributed by atoms with van der Waals surface area (Å²) >= 11 is 1.53.